The highest BCUT2D eigenvalue weighted by molar-refractivity contribution is 5.76. The van der Waals surface area contributed by atoms with E-state index in [2.05, 4.69) is 27.5 Å². The third kappa shape index (κ3) is 2.59. The molecule has 0 aliphatic heterocycles. The van der Waals surface area contributed by atoms with Crippen molar-refractivity contribution in [3.05, 3.63) is 47.5 Å². The van der Waals surface area contributed by atoms with Crippen molar-refractivity contribution in [1.82, 2.24) is 19.5 Å². The number of para-hydroxylation sites is 2. The van der Waals surface area contributed by atoms with Crippen molar-refractivity contribution < 1.29 is 0 Å². The Hall–Kier alpha value is -2.43. The molecule has 0 bridgehead atoms. The molecular weight excluding hydrogens is 262 g/mol. The topological polar surface area (TPSA) is 69.6 Å². The number of aryl methyl sites for hydroxylation is 2. The maximum absolute atomic E-state index is 5.70. The lowest BCUT2D eigenvalue weighted by atomic mass is 10.2. The molecule has 0 spiro atoms. The number of nitrogens with zero attached hydrogens (tertiary/aromatic N) is 4. The maximum Gasteiger partial charge on any atom is 0.220 e. The summed E-state index contributed by atoms with van der Waals surface area (Å²) in [5, 5.41) is 0. The predicted octanol–water partition coefficient (Wildman–Crippen LogP) is 2.72. The number of nitrogens with two attached hydrogens (primary N) is 1. The molecule has 0 saturated heterocycles. The van der Waals surface area contributed by atoms with E-state index in [-0.39, 0.29) is 0 Å². The van der Waals surface area contributed by atoms with Gasteiger partial charge in [0.05, 0.1) is 16.7 Å². The Morgan fingerprint density at radius 1 is 1.19 bits per heavy atom. The van der Waals surface area contributed by atoms with Gasteiger partial charge in [0, 0.05) is 19.2 Å². The fourth-order valence-corrected chi connectivity index (χ4v) is 2.55. The first-order valence-electron chi connectivity index (χ1n) is 7.21. The minimum atomic E-state index is 0.314. The van der Waals surface area contributed by atoms with Gasteiger partial charge in [0.2, 0.25) is 5.95 Å². The first kappa shape index (κ1) is 13.5. The molecule has 2 N–H and O–H groups in total. The molecule has 2 heterocycles. The van der Waals surface area contributed by atoms with Gasteiger partial charge in [-0.2, -0.15) is 0 Å². The van der Waals surface area contributed by atoms with E-state index in [0.717, 1.165) is 35.6 Å². The highest BCUT2D eigenvalue weighted by Gasteiger charge is 2.12. The van der Waals surface area contributed by atoms with Gasteiger partial charge in [-0.05, 0) is 31.0 Å². The Balaban J connectivity index is 2.07. The molecular formula is C16H19N5. The molecule has 2 aromatic heterocycles. The molecule has 5 heteroatoms. The minimum absolute atomic E-state index is 0.314. The van der Waals surface area contributed by atoms with Crippen LogP contribution in [0.5, 0.6) is 0 Å². The lowest BCUT2D eigenvalue weighted by molar-refractivity contribution is 0.661. The van der Waals surface area contributed by atoms with Crippen molar-refractivity contribution in [2.24, 2.45) is 0 Å². The fraction of sp³-hybridized carbons (Fsp3) is 0.312. The van der Waals surface area contributed by atoms with Gasteiger partial charge in [-0.15, -0.1) is 0 Å². The number of hydrogen-bond acceptors (Lipinski definition) is 4. The quantitative estimate of drug-likeness (QED) is 0.798. The largest absolute Gasteiger partial charge is 0.368 e. The molecule has 1 aromatic carbocycles. The van der Waals surface area contributed by atoms with E-state index >= 15 is 0 Å². The van der Waals surface area contributed by atoms with Crippen LogP contribution in [-0.2, 0) is 13.0 Å². The average Bonchev–Trinajstić information content (AvgIpc) is 2.81. The number of imidazole rings is 1. The second-order valence-electron chi connectivity index (χ2n) is 5.20. The first-order valence-corrected chi connectivity index (χ1v) is 7.21. The summed E-state index contributed by atoms with van der Waals surface area (Å²) >= 11 is 0. The third-order valence-electron chi connectivity index (χ3n) is 3.60. The highest BCUT2D eigenvalue weighted by atomic mass is 15.1. The van der Waals surface area contributed by atoms with E-state index < -0.39 is 0 Å². The van der Waals surface area contributed by atoms with E-state index in [4.69, 9.17) is 10.7 Å². The summed E-state index contributed by atoms with van der Waals surface area (Å²) in [5.41, 5.74) is 9.89. The molecule has 3 rings (SSSR count). The number of aromatic nitrogens is 4. The summed E-state index contributed by atoms with van der Waals surface area (Å²) in [5.74, 6) is 1.34. The smallest absolute Gasteiger partial charge is 0.220 e. The zero-order valence-electron chi connectivity index (χ0n) is 12.4. The van der Waals surface area contributed by atoms with Crippen LogP contribution in [0.15, 0.2) is 30.5 Å². The van der Waals surface area contributed by atoms with E-state index in [1.807, 2.05) is 25.1 Å². The molecule has 0 amide bonds. The molecule has 21 heavy (non-hydrogen) atoms. The molecule has 0 fully saturated rings. The van der Waals surface area contributed by atoms with Crippen LogP contribution in [-0.4, -0.2) is 19.5 Å². The Morgan fingerprint density at radius 2 is 2.00 bits per heavy atom. The number of rotatable bonds is 4. The van der Waals surface area contributed by atoms with E-state index in [9.17, 15) is 0 Å². The number of nitrogen functional groups attached to an aromatic ring is 1. The molecule has 0 aliphatic rings. The summed E-state index contributed by atoms with van der Waals surface area (Å²) in [6, 6.07) is 8.23. The lowest BCUT2D eigenvalue weighted by Gasteiger charge is -2.09. The normalized spacial score (nSPS) is 11.1. The predicted molar refractivity (Wildman–Crippen MR) is 84.0 cm³/mol. The number of anilines is 1. The Bertz CT molecular complexity index is 775. The molecule has 3 aromatic rings. The Kier molecular flexibility index (Phi) is 3.56. The monoisotopic (exact) mass is 281 g/mol. The zero-order valence-corrected chi connectivity index (χ0v) is 12.4. The average molecular weight is 281 g/mol. The minimum Gasteiger partial charge on any atom is -0.368 e. The van der Waals surface area contributed by atoms with Crippen LogP contribution in [0.1, 0.15) is 30.4 Å². The third-order valence-corrected chi connectivity index (χ3v) is 3.60. The number of benzene rings is 1. The molecule has 5 nitrogen and oxygen atoms in total. The van der Waals surface area contributed by atoms with Crippen molar-refractivity contribution >= 4 is 17.0 Å². The maximum atomic E-state index is 5.70. The Morgan fingerprint density at radius 3 is 2.81 bits per heavy atom. The molecule has 108 valence electrons. The molecule has 0 aliphatic carbocycles. The highest BCUT2D eigenvalue weighted by Crippen LogP contribution is 2.19. The van der Waals surface area contributed by atoms with Gasteiger partial charge < -0.3 is 10.3 Å². The van der Waals surface area contributed by atoms with Crippen molar-refractivity contribution in [3.8, 4) is 0 Å². The van der Waals surface area contributed by atoms with Gasteiger partial charge in [0.15, 0.2) is 0 Å². The second-order valence-corrected chi connectivity index (χ2v) is 5.20. The summed E-state index contributed by atoms with van der Waals surface area (Å²) in [6.45, 7) is 5.13. The van der Waals surface area contributed by atoms with Gasteiger partial charge in [-0.3, -0.25) is 0 Å². The van der Waals surface area contributed by atoms with Crippen LogP contribution in [0.2, 0.25) is 0 Å². The lowest BCUT2D eigenvalue weighted by Crippen LogP contribution is -2.08. The zero-order chi connectivity index (χ0) is 14.8. The van der Waals surface area contributed by atoms with Gasteiger partial charge in [-0.25, -0.2) is 15.0 Å². The van der Waals surface area contributed by atoms with Crippen molar-refractivity contribution in [2.75, 3.05) is 5.73 Å². The van der Waals surface area contributed by atoms with Crippen LogP contribution in [0.4, 0.5) is 5.95 Å². The van der Waals surface area contributed by atoms with Crippen LogP contribution in [0, 0.1) is 6.92 Å². The van der Waals surface area contributed by atoms with Crippen LogP contribution < -0.4 is 5.73 Å². The number of fused-ring (bicyclic) bond motifs is 1. The number of hydrogen-bond donors (Lipinski definition) is 1. The standard InChI is InChI=1S/C16H19N5/c1-3-8-21-14-7-5-4-6-12(14)19-15(21)9-13-11(2)10-18-16(17)20-13/h4-7,10H,3,8-9H2,1-2H3,(H2,17,18,20). The fourth-order valence-electron chi connectivity index (χ4n) is 2.55. The molecule has 0 atom stereocenters. The van der Waals surface area contributed by atoms with E-state index in [1.54, 1.807) is 6.20 Å². The van der Waals surface area contributed by atoms with Gasteiger partial charge in [-0.1, -0.05) is 19.1 Å². The van der Waals surface area contributed by atoms with Gasteiger partial charge in [0.25, 0.3) is 0 Å². The van der Waals surface area contributed by atoms with Crippen molar-refractivity contribution in [3.63, 3.8) is 0 Å². The van der Waals surface area contributed by atoms with Crippen LogP contribution in [0.25, 0.3) is 11.0 Å². The van der Waals surface area contributed by atoms with Crippen molar-refractivity contribution in [2.45, 2.75) is 33.2 Å². The van der Waals surface area contributed by atoms with Crippen LogP contribution >= 0.6 is 0 Å². The summed E-state index contributed by atoms with van der Waals surface area (Å²) < 4.78 is 2.27. The summed E-state index contributed by atoms with van der Waals surface area (Å²) in [7, 11) is 0. The van der Waals surface area contributed by atoms with E-state index in [1.165, 1.54) is 5.52 Å². The van der Waals surface area contributed by atoms with Gasteiger partial charge in [0.1, 0.15) is 5.82 Å². The Labute approximate surface area is 123 Å². The van der Waals surface area contributed by atoms with Crippen molar-refractivity contribution in [1.29, 1.82) is 0 Å². The SMILES string of the molecule is CCCn1c(Cc2nc(N)ncc2C)nc2ccccc21. The molecule has 0 unspecified atom stereocenters. The van der Waals surface area contributed by atoms with E-state index in [0.29, 0.717) is 12.4 Å². The van der Waals surface area contributed by atoms with Gasteiger partial charge >= 0.3 is 0 Å². The molecule has 0 radical (unpaired) electrons. The van der Waals surface area contributed by atoms with Crippen LogP contribution in [0.3, 0.4) is 0 Å². The summed E-state index contributed by atoms with van der Waals surface area (Å²) in [6.07, 6.45) is 3.51. The second kappa shape index (κ2) is 5.52. The first-order chi connectivity index (χ1) is 10.2. The molecule has 0 saturated carbocycles. The summed E-state index contributed by atoms with van der Waals surface area (Å²) in [4.78, 5) is 13.1.